The summed E-state index contributed by atoms with van der Waals surface area (Å²) in [5.74, 6) is 0.756. The second-order valence-corrected chi connectivity index (χ2v) is 8.47. The van der Waals surface area contributed by atoms with E-state index >= 15 is 0 Å². The van der Waals surface area contributed by atoms with Gasteiger partial charge in [0.1, 0.15) is 12.4 Å². The molecule has 0 aliphatic carbocycles. The topological polar surface area (TPSA) is 78.7 Å². The average Bonchev–Trinajstić information content (AvgIpc) is 3.25. The van der Waals surface area contributed by atoms with Crippen molar-refractivity contribution in [3.63, 3.8) is 0 Å². The van der Waals surface area contributed by atoms with Crippen LogP contribution < -0.4 is 9.47 Å². The molecule has 6 nitrogen and oxygen atoms in total. The number of aryl methyl sites for hydroxylation is 2. The molecule has 32 heavy (non-hydrogen) atoms. The number of nitrogens with zero attached hydrogens (tertiary/aromatic N) is 1. The van der Waals surface area contributed by atoms with Crippen molar-refractivity contribution in [3.8, 4) is 11.5 Å². The molecule has 0 spiro atoms. The first-order valence-corrected chi connectivity index (χ1v) is 11.1. The van der Waals surface area contributed by atoms with Crippen LogP contribution in [0.4, 0.5) is 5.69 Å². The molecule has 0 bridgehead atoms. The highest BCUT2D eigenvalue weighted by atomic mass is 32.1. The lowest BCUT2D eigenvalue weighted by molar-refractivity contribution is -0.386. The van der Waals surface area contributed by atoms with E-state index in [2.05, 4.69) is 6.92 Å². The molecule has 0 aliphatic rings. The van der Waals surface area contributed by atoms with E-state index in [0.29, 0.717) is 10.6 Å². The fourth-order valence-electron chi connectivity index (χ4n) is 3.21. The summed E-state index contributed by atoms with van der Waals surface area (Å²) in [5, 5.41) is 11.3. The Morgan fingerprint density at radius 2 is 1.91 bits per heavy atom. The number of nitro groups is 1. The molecule has 0 aliphatic heterocycles. The number of hydrogen-bond acceptors (Lipinski definition) is 6. The third kappa shape index (κ3) is 5.82. The van der Waals surface area contributed by atoms with Gasteiger partial charge in [-0.3, -0.25) is 14.9 Å². The van der Waals surface area contributed by atoms with E-state index in [1.54, 1.807) is 44.4 Å². The fourth-order valence-corrected chi connectivity index (χ4v) is 4.24. The molecule has 0 amide bonds. The summed E-state index contributed by atoms with van der Waals surface area (Å²) >= 11 is 1.52. The number of thiophene rings is 1. The number of methoxy groups -OCH3 is 1. The van der Waals surface area contributed by atoms with Gasteiger partial charge < -0.3 is 9.47 Å². The molecule has 0 atom stereocenters. The van der Waals surface area contributed by atoms with E-state index < -0.39 is 4.92 Å². The third-order valence-corrected chi connectivity index (χ3v) is 5.99. The minimum atomic E-state index is -0.458. The van der Waals surface area contributed by atoms with Gasteiger partial charge >= 0.3 is 5.69 Å². The van der Waals surface area contributed by atoms with Gasteiger partial charge in [-0.25, -0.2) is 0 Å². The maximum atomic E-state index is 12.5. The van der Waals surface area contributed by atoms with Crippen LogP contribution in [-0.2, 0) is 13.0 Å². The highest BCUT2D eigenvalue weighted by Crippen LogP contribution is 2.30. The Morgan fingerprint density at radius 3 is 2.62 bits per heavy atom. The van der Waals surface area contributed by atoms with Crippen LogP contribution in [-0.4, -0.2) is 17.8 Å². The van der Waals surface area contributed by atoms with Crippen molar-refractivity contribution in [3.05, 3.63) is 91.2 Å². The Labute approximate surface area is 191 Å². The molecule has 1 aromatic heterocycles. The van der Waals surface area contributed by atoms with Crippen LogP contribution in [0, 0.1) is 17.0 Å². The maximum absolute atomic E-state index is 12.5. The molecule has 0 N–H and O–H groups in total. The van der Waals surface area contributed by atoms with E-state index in [4.69, 9.17) is 9.47 Å². The highest BCUT2D eigenvalue weighted by Gasteiger charge is 2.16. The summed E-state index contributed by atoms with van der Waals surface area (Å²) in [6.07, 6.45) is 5.33. The number of allylic oxidation sites excluding steroid dienone is 1. The lowest BCUT2D eigenvalue weighted by Gasteiger charge is -2.11. The van der Waals surface area contributed by atoms with Gasteiger partial charge in [-0.2, -0.15) is 0 Å². The van der Waals surface area contributed by atoms with Gasteiger partial charge in [0.15, 0.2) is 11.5 Å². The monoisotopic (exact) mass is 451 g/mol. The minimum Gasteiger partial charge on any atom is -0.496 e. The Bertz CT molecular complexity index is 1150. The lowest BCUT2D eigenvalue weighted by atomic mass is 10.1. The molecule has 1 heterocycles. The Hall–Kier alpha value is -3.45. The molecule has 166 valence electrons. The van der Waals surface area contributed by atoms with Crippen molar-refractivity contribution in [2.24, 2.45) is 0 Å². The molecule has 0 saturated heterocycles. The van der Waals surface area contributed by atoms with Crippen molar-refractivity contribution in [2.45, 2.75) is 33.3 Å². The number of benzene rings is 2. The van der Waals surface area contributed by atoms with Gasteiger partial charge in [-0.15, -0.1) is 11.3 Å². The Morgan fingerprint density at radius 1 is 1.12 bits per heavy atom. The quantitative estimate of drug-likeness (QED) is 0.154. The molecule has 0 fully saturated rings. The van der Waals surface area contributed by atoms with Crippen molar-refractivity contribution in [1.29, 1.82) is 0 Å². The number of rotatable bonds is 10. The molecule has 3 aromatic rings. The van der Waals surface area contributed by atoms with Crippen LogP contribution in [0.2, 0.25) is 0 Å². The number of ether oxygens (including phenoxy) is 2. The van der Waals surface area contributed by atoms with Crippen molar-refractivity contribution in [1.82, 2.24) is 0 Å². The van der Waals surface area contributed by atoms with Gasteiger partial charge in [-0.05, 0) is 60.9 Å². The minimum absolute atomic E-state index is 0.0405. The highest BCUT2D eigenvalue weighted by molar-refractivity contribution is 7.14. The van der Waals surface area contributed by atoms with Crippen LogP contribution in [0.5, 0.6) is 11.5 Å². The predicted octanol–water partition coefficient (Wildman–Crippen LogP) is 6.40. The van der Waals surface area contributed by atoms with E-state index in [1.165, 1.54) is 22.3 Å². The normalized spacial score (nSPS) is 11.0. The number of carbonyl (C=O) groups is 1. The zero-order valence-electron chi connectivity index (χ0n) is 18.3. The summed E-state index contributed by atoms with van der Waals surface area (Å²) in [4.78, 5) is 25.3. The number of nitro benzene ring substituents is 1. The molecule has 3 rings (SSSR count). The molecule has 0 saturated carbocycles. The van der Waals surface area contributed by atoms with Gasteiger partial charge in [0, 0.05) is 16.5 Å². The summed E-state index contributed by atoms with van der Waals surface area (Å²) in [6.45, 7) is 3.99. The van der Waals surface area contributed by atoms with Crippen LogP contribution in [0.1, 0.15) is 44.6 Å². The summed E-state index contributed by atoms with van der Waals surface area (Å²) < 4.78 is 11.1. The van der Waals surface area contributed by atoms with Crippen LogP contribution in [0.15, 0.2) is 54.6 Å². The van der Waals surface area contributed by atoms with Gasteiger partial charge in [0.2, 0.25) is 0 Å². The van der Waals surface area contributed by atoms with Crippen molar-refractivity contribution < 1.29 is 19.2 Å². The molecular formula is C25H25NO5S. The first-order valence-electron chi connectivity index (χ1n) is 10.3. The molecule has 7 heteroatoms. The first-order chi connectivity index (χ1) is 15.4. The first kappa shape index (κ1) is 23.2. The zero-order valence-corrected chi connectivity index (χ0v) is 19.1. The Kier molecular flexibility index (Phi) is 7.78. The van der Waals surface area contributed by atoms with Crippen LogP contribution in [0.25, 0.3) is 6.08 Å². The van der Waals surface area contributed by atoms with E-state index in [-0.39, 0.29) is 23.8 Å². The van der Waals surface area contributed by atoms with Crippen LogP contribution >= 0.6 is 11.3 Å². The van der Waals surface area contributed by atoms with Crippen LogP contribution in [0.3, 0.4) is 0 Å². The molecule has 0 radical (unpaired) electrons. The van der Waals surface area contributed by atoms with Gasteiger partial charge in [0.25, 0.3) is 0 Å². The fraction of sp³-hybridized carbons (Fsp3) is 0.240. The SMILES string of the molecule is CCCc1ccc(C(=O)/C=C/c2ccc(OC)c(COc3ccc(C)cc3[N+](=O)[O-])c2)s1. The van der Waals surface area contributed by atoms with Gasteiger partial charge in [0.05, 0.1) is 16.9 Å². The summed E-state index contributed by atoms with van der Waals surface area (Å²) in [7, 11) is 1.55. The standard InChI is InChI=1S/C25H25NO5S/c1-4-5-20-9-13-25(32-20)22(27)10-7-18-8-12-23(30-3)19(15-18)16-31-24-11-6-17(2)14-21(24)26(28)29/h6-15H,4-5,16H2,1-3H3/b10-7+. The Balaban J connectivity index is 1.76. The number of hydrogen-bond donors (Lipinski definition) is 0. The maximum Gasteiger partial charge on any atom is 0.311 e. The van der Waals surface area contributed by atoms with E-state index in [0.717, 1.165) is 29.5 Å². The van der Waals surface area contributed by atoms with E-state index in [9.17, 15) is 14.9 Å². The number of ketones is 1. The smallest absolute Gasteiger partial charge is 0.311 e. The lowest BCUT2D eigenvalue weighted by Crippen LogP contribution is -2.02. The summed E-state index contributed by atoms with van der Waals surface area (Å²) in [5.41, 5.74) is 2.23. The second kappa shape index (κ2) is 10.7. The molecule has 0 unspecified atom stereocenters. The molecule has 2 aromatic carbocycles. The van der Waals surface area contributed by atoms with Crippen molar-refractivity contribution >= 4 is 28.9 Å². The summed E-state index contributed by atoms with van der Waals surface area (Å²) in [6, 6.07) is 14.2. The van der Waals surface area contributed by atoms with Crippen molar-refractivity contribution in [2.75, 3.05) is 7.11 Å². The largest absolute Gasteiger partial charge is 0.496 e. The molecular weight excluding hydrogens is 426 g/mol. The van der Waals surface area contributed by atoms with Gasteiger partial charge in [-0.1, -0.05) is 31.6 Å². The third-order valence-electron chi connectivity index (χ3n) is 4.83. The number of carbonyl (C=O) groups excluding carboxylic acids is 1. The van der Waals surface area contributed by atoms with E-state index in [1.807, 2.05) is 24.3 Å². The zero-order chi connectivity index (χ0) is 23.1. The average molecular weight is 452 g/mol. The predicted molar refractivity (Wildman–Crippen MR) is 127 cm³/mol. The second-order valence-electron chi connectivity index (χ2n) is 7.30.